The van der Waals surface area contributed by atoms with Crippen LogP contribution in [0.15, 0.2) is 24.3 Å². The summed E-state index contributed by atoms with van der Waals surface area (Å²) in [6, 6.07) is 10.1. The third-order valence-electron chi connectivity index (χ3n) is 4.11. The summed E-state index contributed by atoms with van der Waals surface area (Å²) in [5.41, 5.74) is 3.04. The number of hydrogen-bond acceptors (Lipinski definition) is 1. The van der Waals surface area contributed by atoms with Gasteiger partial charge >= 0.3 is 0 Å². The van der Waals surface area contributed by atoms with Gasteiger partial charge in [0.25, 0.3) is 0 Å². The van der Waals surface area contributed by atoms with Gasteiger partial charge in [0.15, 0.2) is 0 Å². The second-order valence-electron chi connectivity index (χ2n) is 5.65. The van der Waals surface area contributed by atoms with Crippen LogP contribution in [-0.4, -0.2) is 12.6 Å². The summed E-state index contributed by atoms with van der Waals surface area (Å²) in [7, 11) is 0. The third kappa shape index (κ3) is 3.58. The molecule has 1 aliphatic rings. The van der Waals surface area contributed by atoms with Crippen LogP contribution >= 0.6 is 0 Å². The van der Waals surface area contributed by atoms with Gasteiger partial charge in [-0.2, -0.15) is 0 Å². The molecule has 0 radical (unpaired) electrons. The Morgan fingerprint density at radius 1 is 1.06 bits per heavy atom. The predicted octanol–water partition coefficient (Wildman–Crippen LogP) is 4.27. The lowest BCUT2D eigenvalue weighted by atomic mass is 9.95. The Balaban J connectivity index is 1.88. The van der Waals surface area contributed by atoms with Gasteiger partial charge in [0.1, 0.15) is 0 Å². The molecule has 0 bridgehead atoms. The van der Waals surface area contributed by atoms with Crippen molar-refractivity contribution in [2.24, 2.45) is 0 Å². The molecule has 1 N–H and O–H groups in total. The van der Waals surface area contributed by atoms with Crippen LogP contribution in [0.3, 0.4) is 0 Å². The van der Waals surface area contributed by atoms with Crippen LogP contribution in [0.25, 0.3) is 0 Å². The van der Waals surface area contributed by atoms with Gasteiger partial charge in [0, 0.05) is 6.04 Å². The number of aryl methyl sites for hydroxylation is 1. The molecule has 2 rings (SSSR count). The quantitative estimate of drug-likeness (QED) is 0.789. The number of benzene rings is 1. The van der Waals surface area contributed by atoms with Crippen molar-refractivity contribution in [1.29, 1.82) is 0 Å². The van der Waals surface area contributed by atoms with E-state index in [0.29, 0.717) is 0 Å². The van der Waals surface area contributed by atoms with Gasteiger partial charge in [-0.05, 0) is 55.7 Å². The summed E-state index contributed by atoms with van der Waals surface area (Å²) in [6.07, 6.45) is 7.73. The highest BCUT2D eigenvalue weighted by Crippen LogP contribution is 2.34. The number of hydrogen-bond donors (Lipinski definition) is 1. The molecule has 1 fully saturated rings. The molecule has 1 aliphatic carbocycles. The Kier molecular flexibility index (Phi) is 5.25. The molecule has 0 heterocycles. The fraction of sp³-hybridized carbons (Fsp3) is 0.647. The molecule has 18 heavy (non-hydrogen) atoms. The fourth-order valence-corrected chi connectivity index (χ4v) is 3.06. The molecule has 0 aliphatic heterocycles. The third-order valence-corrected chi connectivity index (χ3v) is 4.11. The van der Waals surface area contributed by atoms with Crippen molar-refractivity contribution in [3.63, 3.8) is 0 Å². The maximum atomic E-state index is 3.66. The van der Waals surface area contributed by atoms with Crippen LogP contribution < -0.4 is 5.32 Å². The highest BCUT2D eigenvalue weighted by atomic mass is 14.9. The second kappa shape index (κ2) is 6.94. The van der Waals surface area contributed by atoms with Crippen molar-refractivity contribution in [3.05, 3.63) is 35.4 Å². The van der Waals surface area contributed by atoms with E-state index in [2.05, 4.69) is 43.4 Å². The Labute approximate surface area is 112 Å². The molecule has 1 aromatic carbocycles. The summed E-state index contributed by atoms with van der Waals surface area (Å²) in [6.45, 7) is 5.66. The molecule has 2 unspecified atom stereocenters. The summed E-state index contributed by atoms with van der Waals surface area (Å²) >= 11 is 0. The summed E-state index contributed by atoms with van der Waals surface area (Å²) in [5, 5.41) is 3.66. The van der Waals surface area contributed by atoms with Crippen molar-refractivity contribution in [2.45, 2.75) is 64.3 Å². The summed E-state index contributed by atoms with van der Waals surface area (Å²) < 4.78 is 0. The Morgan fingerprint density at radius 3 is 2.50 bits per heavy atom. The van der Waals surface area contributed by atoms with Crippen molar-refractivity contribution >= 4 is 0 Å². The first-order valence-electron chi connectivity index (χ1n) is 7.65. The van der Waals surface area contributed by atoms with Gasteiger partial charge < -0.3 is 5.32 Å². The van der Waals surface area contributed by atoms with Crippen LogP contribution in [0.1, 0.15) is 63.0 Å². The highest BCUT2D eigenvalue weighted by Gasteiger charge is 2.24. The Morgan fingerprint density at radius 2 is 1.83 bits per heavy atom. The van der Waals surface area contributed by atoms with E-state index < -0.39 is 0 Å². The SMILES string of the molecule is CCCNC1CCC(c2ccc(CCC)cc2)C1. The van der Waals surface area contributed by atoms with Gasteiger partial charge in [-0.1, -0.05) is 44.5 Å². The van der Waals surface area contributed by atoms with Gasteiger partial charge in [-0.3, -0.25) is 0 Å². The molecule has 0 saturated heterocycles. The molecular formula is C17H27N. The molecule has 0 amide bonds. The van der Waals surface area contributed by atoms with E-state index >= 15 is 0 Å². The molecule has 0 spiro atoms. The molecule has 2 atom stereocenters. The zero-order valence-electron chi connectivity index (χ0n) is 11.9. The van der Waals surface area contributed by atoms with Crippen LogP contribution in [0.5, 0.6) is 0 Å². The molecule has 1 saturated carbocycles. The van der Waals surface area contributed by atoms with Gasteiger partial charge in [-0.25, -0.2) is 0 Å². The first-order valence-corrected chi connectivity index (χ1v) is 7.65. The lowest BCUT2D eigenvalue weighted by Gasteiger charge is -2.13. The van der Waals surface area contributed by atoms with E-state index in [4.69, 9.17) is 0 Å². The molecule has 1 nitrogen and oxygen atoms in total. The summed E-state index contributed by atoms with van der Waals surface area (Å²) in [4.78, 5) is 0. The van der Waals surface area contributed by atoms with Crippen molar-refractivity contribution in [3.8, 4) is 0 Å². The molecule has 1 heteroatoms. The topological polar surface area (TPSA) is 12.0 Å². The van der Waals surface area contributed by atoms with Crippen molar-refractivity contribution in [1.82, 2.24) is 5.32 Å². The van der Waals surface area contributed by atoms with E-state index in [1.54, 1.807) is 5.56 Å². The van der Waals surface area contributed by atoms with Crippen LogP contribution in [0.4, 0.5) is 0 Å². The number of nitrogens with one attached hydrogen (secondary N) is 1. The first-order chi connectivity index (χ1) is 8.83. The van der Waals surface area contributed by atoms with Gasteiger partial charge in [-0.15, -0.1) is 0 Å². The largest absolute Gasteiger partial charge is 0.314 e. The monoisotopic (exact) mass is 245 g/mol. The van der Waals surface area contributed by atoms with Crippen LogP contribution in [0, 0.1) is 0 Å². The fourth-order valence-electron chi connectivity index (χ4n) is 3.06. The first kappa shape index (κ1) is 13.6. The van der Waals surface area contributed by atoms with Crippen LogP contribution in [0.2, 0.25) is 0 Å². The molecule has 100 valence electrons. The molecular weight excluding hydrogens is 218 g/mol. The van der Waals surface area contributed by atoms with Crippen molar-refractivity contribution in [2.75, 3.05) is 6.54 Å². The lowest BCUT2D eigenvalue weighted by Crippen LogP contribution is -2.26. The predicted molar refractivity (Wildman–Crippen MR) is 79.1 cm³/mol. The minimum absolute atomic E-state index is 0.755. The lowest BCUT2D eigenvalue weighted by molar-refractivity contribution is 0.517. The van der Waals surface area contributed by atoms with Crippen molar-refractivity contribution < 1.29 is 0 Å². The van der Waals surface area contributed by atoms with E-state index in [-0.39, 0.29) is 0 Å². The van der Waals surface area contributed by atoms with Gasteiger partial charge in [0.2, 0.25) is 0 Å². The average molecular weight is 245 g/mol. The minimum atomic E-state index is 0.755. The Bertz CT molecular complexity index is 341. The normalized spacial score (nSPS) is 23.4. The zero-order valence-corrected chi connectivity index (χ0v) is 11.9. The maximum absolute atomic E-state index is 3.66. The standard InChI is InChI=1S/C17H27N/c1-3-5-14-6-8-15(9-7-14)16-10-11-17(13-16)18-12-4-2/h6-9,16-18H,3-5,10-13H2,1-2H3. The maximum Gasteiger partial charge on any atom is 0.00730 e. The van der Waals surface area contributed by atoms with E-state index in [1.165, 1.54) is 50.6 Å². The molecule has 1 aromatic rings. The average Bonchev–Trinajstić information content (AvgIpc) is 2.86. The number of rotatable bonds is 6. The van der Waals surface area contributed by atoms with Gasteiger partial charge in [0.05, 0.1) is 0 Å². The smallest absolute Gasteiger partial charge is 0.00730 e. The van der Waals surface area contributed by atoms with E-state index in [1.807, 2.05) is 0 Å². The van der Waals surface area contributed by atoms with Crippen LogP contribution in [-0.2, 0) is 6.42 Å². The second-order valence-corrected chi connectivity index (χ2v) is 5.65. The Hall–Kier alpha value is -0.820. The zero-order chi connectivity index (χ0) is 12.8. The minimum Gasteiger partial charge on any atom is -0.314 e. The highest BCUT2D eigenvalue weighted by molar-refractivity contribution is 5.26. The molecule has 0 aromatic heterocycles. The summed E-state index contributed by atoms with van der Waals surface area (Å²) in [5.74, 6) is 0.787. The van der Waals surface area contributed by atoms with E-state index in [9.17, 15) is 0 Å². The van der Waals surface area contributed by atoms with E-state index in [0.717, 1.165) is 12.0 Å².